The van der Waals surface area contributed by atoms with Crippen LogP contribution in [0.2, 0.25) is 0 Å². The van der Waals surface area contributed by atoms with Crippen molar-refractivity contribution in [2.24, 2.45) is 0 Å². The van der Waals surface area contributed by atoms with Gasteiger partial charge in [-0.05, 0) is 60.8 Å². The molecule has 0 radical (unpaired) electrons. The third-order valence-corrected chi connectivity index (χ3v) is 6.67. The second kappa shape index (κ2) is 6.91. The van der Waals surface area contributed by atoms with Crippen molar-refractivity contribution in [3.63, 3.8) is 0 Å². The van der Waals surface area contributed by atoms with Gasteiger partial charge in [-0.3, -0.25) is 9.59 Å². The Kier molecular flexibility index (Phi) is 4.43. The summed E-state index contributed by atoms with van der Waals surface area (Å²) >= 11 is 0. The molecule has 156 valence electrons. The number of nitrogens with one attached hydrogen (secondary N) is 1. The molecule has 1 unspecified atom stereocenters. The lowest BCUT2D eigenvalue weighted by molar-refractivity contribution is 0.0674. The third kappa shape index (κ3) is 3.01. The lowest BCUT2D eigenvalue weighted by Gasteiger charge is -2.31. The fourth-order valence-corrected chi connectivity index (χ4v) is 5.07. The SMILES string of the molecule is CC1(C)CN(C(=O)c2ccc3c(c2)CN(C2CCCNC2)C3=O)c2cc(F)ccc21. The van der Waals surface area contributed by atoms with E-state index in [1.54, 1.807) is 23.1 Å². The first-order valence-corrected chi connectivity index (χ1v) is 10.6. The minimum Gasteiger partial charge on any atom is -0.330 e. The largest absolute Gasteiger partial charge is 0.330 e. The van der Waals surface area contributed by atoms with Crippen molar-refractivity contribution < 1.29 is 14.0 Å². The van der Waals surface area contributed by atoms with Crippen LogP contribution in [0.15, 0.2) is 36.4 Å². The Hall–Kier alpha value is -2.73. The summed E-state index contributed by atoms with van der Waals surface area (Å²) < 4.78 is 13.9. The number of hydrogen-bond donors (Lipinski definition) is 1. The molecule has 30 heavy (non-hydrogen) atoms. The van der Waals surface area contributed by atoms with E-state index in [4.69, 9.17) is 0 Å². The van der Waals surface area contributed by atoms with E-state index in [-0.39, 0.29) is 29.1 Å². The number of piperidine rings is 1. The first-order valence-electron chi connectivity index (χ1n) is 10.6. The van der Waals surface area contributed by atoms with Crippen LogP contribution in [0.25, 0.3) is 0 Å². The van der Waals surface area contributed by atoms with E-state index in [0.29, 0.717) is 29.9 Å². The maximum absolute atomic E-state index is 13.9. The van der Waals surface area contributed by atoms with Gasteiger partial charge in [0.1, 0.15) is 5.82 Å². The molecule has 1 atom stereocenters. The lowest BCUT2D eigenvalue weighted by atomic mass is 9.87. The maximum atomic E-state index is 13.9. The number of carbonyl (C=O) groups is 2. The first-order chi connectivity index (χ1) is 14.3. The summed E-state index contributed by atoms with van der Waals surface area (Å²) in [6.45, 7) is 6.98. The van der Waals surface area contributed by atoms with Gasteiger partial charge in [0.05, 0.1) is 5.69 Å². The van der Waals surface area contributed by atoms with Gasteiger partial charge >= 0.3 is 0 Å². The monoisotopic (exact) mass is 407 g/mol. The fraction of sp³-hybridized carbons (Fsp3) is 0.417. The van der Waals surface area contributed by atoms with Gasteiger partial charge in [0.25, 0.3) is 11.8 Å². The number of benzene rings is 2. The van der Waals surface area contributed by atoms with E-state index in [0.717, 1.165) is 37.1 Å². The lowest BCUT2D eigenvalue weighted by Crippen LogP contribution is -2.46. The van der Waals surface area contributed by atoms with Gasteiger partial charge in [-0.25, -0.2) is 4.39 Å². The molecule has 2 aromatic carbocycles. The van der Waals surface area contributed by atoms with Gasteiger partial charge in [-0.15, -0.1) is 0 Å². The average molecular weight is 407 g/mol. The molecular weight excluding hydrogens is 381 g/mol. The molecule has 0 aromatic heterocycles. The van der Waals surface area contributed by atoms with E-state index in [2.05, 4.69) is 19.2 Å². The number of nitrogens with zero attached hydrogens (tertiary/aromatic N) is 2. The maximum Gasteiger partial charge on any atom is 0.258 e. The Morgan fingerprint density at radius 2 is 2.03 bits per heavy atom. The number of fused-ring (bicyclic) bond motifs is 2. The summed E-state index contributed by atoms with van der Waals surface area (Å²) in [5, 5.41) is 3.36. The molecule has 2 amide bonds. The number of carbonyl (C=O) groups excluding carboxylic acids is 2. The molecule has 1 N–H and O–H groups in total. The van der Waals surface area contributed by atoms with Crippen molar-refractivity contribution >= 4 is 17.5 Å². The number of rotatable bonds is 2. The van der Waals surface area contributed by atoms with Crippen molar-refractivity contribution in [3.05, 3.63) is 64.5 Å². The topological polar surface area (TPSA) is 52.7 Å². The highest BCUT2D eigenvalue weighted by atomic mass is 19.1. The minimum absolute atomic E-state index is 0.0485. The van der Waals surface area contributed by atoms with Crippen molar-refractivity contribution in [1.82, 2.24) is 10.2 Å². The van der Waals surface area contributed by atoms with Crippen LogP contribution in [-0.4, -0.2) is 42.4 Å². The van der Waals surface area contributed by atoms with Crippen LogP contribution in [-0.2, 0) is 12.0 Å². The standard InChI is InChI=1S/C24H26FN3O2/c1-24(2)14-28(21-11-17(25)6-8-20(21)24)22(29)15-5-7-19-16(10-15)13-27(23(19)30)18-4-3-9-26-12-18/h5-8,10-11,18,26H,3-4,9,12-14H2,1-2H3. The van der Waals surface area contributed by atoms with Gasteiger partial charge in [0.15, 0.2) is 0 Å². The second-order valence-electron chi connectivity index (χ2n) is 9.24. The van der Waals surface area contributed by atoms with E-state index >= 15 is 0 Å². The Morgan fingerprint density at radius 3 is 2.80 bits per heavy atom. The molecule has 0 aliphatic carbocycles. The zero-order valence-corrected chi connectivity index (χ0v) is 17.4. The molecule has 6 heteroatoms. The Labute approximate surface area is 175 Å². The summed E-state index contributed by atoms with van der Waals surface area (Å²) in [5.74, 6) is -0.451. The van der Waals surface area contributed by atoms with E-state index in [9.17, 15) is 14.0 Å². The first kappa shape index (κ1) is 19.2. The number of anilines is 1. The summed E-state index contributed by atoms with van der Waals surface area (Å²) in [6, 6.07) is 10.2. The van der Waals surface area contributed by atoms with Crippen molar-refractivity contribution in [1.29, 1.82) is 0 Å². The Balaban J connectivity index is 1.43. The number of amides is 2. The van der Waals surface area contributed by atoms with Crippen LogP contribution >= 0.6 is 0 Å². The van der Waals surface area contributed by atoms with Crippen LogP contribution in [0.1, 0.15) is 58.5 Å². The summed E-state index contributed by atoms with van der Waals surface area (Å²) in [6.07, 6.45) is 2.07. The van der Waals surface area contributed by atoms with Crippen LogP contribution < -0.4 is 10.2 Å². The normalized spacial score (nSPS) is 22.2. The number of halogens is 1. The predicted molar refractivity (Wildman–Crippen MR) is 113 cm³/mol. The van der Waals surface area contributed by atoms with Crippen LogP contribution in [0.3, 0.4) is 0 Å². The highest BCUT2D eigenvalue weighted by Gasteiger charge is 2.39. The van der Waals surface area contributed by atoms with Gasteiger partial charge < -0.3 is 15.1 Å². The summed E-state index contributed by atoms with van der Waals surface area (Å²) in [4.78, 5) is 29.8. The zero-order chi connectivity index (χ0) is 21.0. The van der Waals surface area contributed by atoms with Gasteiger partial charge in [-0.2, -0.15) is 0 Å². The summed E-state index contributed by atoms with van der Waals surface area (Å²) in [7, 11) is 0. The van der Waals surface area contributed by atoms with Crippen molar-refractivity contribution in [3.8, 4) is 0 Å². The minimum atomic E-state index is -0.347. The molecular formula is C24H26FN3O2. The highest BCUT2D eigenvalue weighted by Crippen LogP contribution is 2.41. The average Bonchev–Trinajstić information content (AvgIpc) is 3.21. The van der Waals surface area contributed by atoms with Gasteiger partial charge in [0.2, 0.25) is 0 Å². The van der Waals surface area contributed by atoms with Crippen LogP contribution in [0.5, 0.6) is 0 Å². The Bertz CT molecular complexity index is 1040. The van der Waals surface area contributed by atoms with Gasteiger partial charge in [-0.1, -0.05) is 19.9 Å². The molecule has 0 saturated carbocycles. The van der Waals surface area contributed by atoms with Gasteiger partial charge in [0, 0.05) is 42.2 Å². The zero-order valence-electron chi connectivity index (χ0n) is 17.4. The molecule has 2 aromatic rings. The molecule has 0 spiro atoms. The second-order valence-corrected chi connectivity index (χ2v) is 9.24. The molecule has 5 rings (SSSR count). The quantitative estimate of drug-likeness (QED) is 0.829. The Morgan fingerprint density at radius 1 is 1.20 bits per heavy atom. The number of hydrogen-bond acceptors (Lipinski definition) is 3. The fourth-order valence-electron chi connectivity index (χ4n) is 5.07. The molecule has 3 heterocycles. The molecule has 3 aliphatic heterocycles. The molecule has 3 aliphatic rings. The predicted octanol–water partition coefficient (Wildman–Crippen LogP) is 3.47. The molecule has 5 nitrogen and oxygen atoms in total. The van der Waals surface area contributed by atoms with E-state index < -0.39 is 0 Å². The van der Waals surface area contributed by atoms with Crippen LogP contribution in [0.4, 0.5) is 10.1 Å². The smallest absolute Gasteiger partial charge is 0.258 e. The van der Waals surface area contributed by atoms with Crippen molar-refractivity contribution in [2.45, 2.75) is 44.7 Å². The van der Waals surface area contributed by atoms with E-state index in [1.807, 2.05) is 11.0 Å². The molecule has 1 saturated heterocycles. The highest BCUT2D eigenvalue weighted by molar-refractivity contribution is 6.09. The van der Waals surface area contributed by atoms with Crippen molar-refractivity contribution in [2.75, 3.05) is 24.5 Å². The molecule has 1 fully saturated rings. The molecule has 0 bridgehead atoms. The summed E-state index contributed by atoms with van der Waals surface area (Å²) in [5.41, 5.74) is 3.50. The van der Waals surface area contributed by atoms with Crippen LogP contribution in [0, 0.1) is 5.82 Å². The van der Waals surface area contributed by atoms with E-state index in [1.165, 1.54) is 12.1 Å². The third-order valence-electron chi connectivity index (χ3n) is 6.67.